The molecule has 0 saturated carbocycles. The number of nitrogens with one attached hydrogen (secondary N) is 1. The van der Waals surface area contributed by atoms with E-state index in [1.165, 1.54) is 4.88 Å². The zero-order chi connectivity index (χ0) is 14.4. The second-order valence-electron chi connectivity index (χ2n) is 4.02. The van der Waals surface area contributed by atoms with Crippen molar-refractivity contribution in [3.63, 3.8) is 0 Å². The minimum absolute atomic E-state index is 0.143. The molecule has 7 heteroatoms. The summed E-state index contributed by atoms with van der Waals surface area (Å²) in [7, 11) is 0. The Morgan fingerprint density at radius 2 is 2.40 bits per heavy atom. The standard InChI is InChI=1S/C13H16N4OS2/c1-2-8-17-12(18)15-16-13(17)19-9-11-6-5-10(20-11)4-3-7-14/h5-6H,2,7-9,14H2,1H3,(H,15,18). The fraction of sp³-hybridized carbons (Fsp3) is 0.385. The van der Waals surface area contributed by atoms with Crippen LogP contribution in [0.15, 0.2) is 22.1 Å². The molecule has 0 radical (unpaired) electrons. The Bertz CT molecular complexity index is 674. The van der Waals surface area contributed by atoms with Crippen molar-refractivity contribution >= 4 is 23.1 Å². The zero-order valence-electron chi connectivity index (χ0n) is 11.2. The topological polar surface area (TPSA) is 76.7 Å². The van der Waals surface area contributed by atoms with E-state index in [1.54, 1.807) is 27.7 Å². The van der Waals surface area contributed by atoms with Gasteiger partial charge in [-0.3, -0.25) is 4.57 Å². The number of thiophene rings is 1. The van der Waals surface area contributed by atoms with Crippen LogP contribution < -0.4 is 11.4 Å². The molecule has 106 valence electrons. The number of aromatic nitrogens is 3. The zero-order valence-corrected chi connectivity index (χ0v) is 12.8. The first-order chi connectivity index (χ1) is 9.74. The average molecular weight is 308 g/mol. The first kappa shape index (κ1) is 14.9. The van der Waals surface area contributed by atoms with Crippen molar-refractivity contribution in [3.8, 4) is 11.8 Å². The molecule has 0 unspecified atom stereocenters. The normalized spacial score (nSPS) is 10.3. The van der Waals surface area contributed by atoms with Crippen LogP contribution in [0.1, 0.15) is 23.1 Å². The number of H-pyrrole nitrogens is 1. The fourth-order valence-electron chi connectivity index (χ4n) is 1.63. The lowest BCUT2D eigenvalue weighted by molar-refractivity contribution is 0.604. The SMILES string of the molecule is CCCn1c(SCc2ccc(C#CCN)s2)n[nH]c1=O. The Balaban J connectivity index is 2.02. The highest BCUT2D eigenvalue weighted by Crippen LogP contribution is 2.24. The molecule has 0 amide bonds. The van der Waals surface area contributed by atoms with Crippen molar-refractivity contribution in [2.24, 2.45) is 5.73 Å². The summed E-state index contributed by atoms with van der Waals surface area (Å²) < 4.78 is 1.67. The molecule has 0 aliphatic heterocycles. The Kier molecular flexibility index (Phi) is 5.47. The number of hydrogen-bond donors (Lipinski definition) is 2. The number of hydrogen-bond acceptors (Lipinski definition) is 5. The van der Waals surface area contributed by atoms with E-state index in [9.17, 15) is 4.79 Å². The lowest BCUT2D eigenvalue weighted by Crippen LogP contribution is -2.17. The molecule has 0 aliphatic carbocycles. The van der Waals surface area contributed by atoms with Gasteiger partial charge in [0.15, 0.2) is 5.16 Å². The molecule has 0 aromatic carbocycles. The van der Waals surface area contributed by atoms with Gasteiger partial charge in [0, 0.05) is 17.2 Å². The highest BCUT2D eigenvalue weighted by Gasteiger charge is 2.08. The molecule has 0 bridgehead atoms. The molecular weight excluding hydrogens is 292 g/mol. The molecule has 2 aromatic heterocycles. The monoisotopic (exact) mass is 308 g/mol. The van der Waals surface area contributed by atoms with Crippen molar-refractivity contribution < 1.29 is 0 Å². The number of rotatable bonds is 5. The molecule has 0 saturated heterocycles. The van der Waals surface area contributed by atoms with Gasteiger partial charge in [0.2, 0.25) is 0 Å². The maximum atomic E-state index is 11.6. The fourth-order valence-corrected chi connectivity index (χ4v) is 3.53. The largest absolute Gasteiger partial charge is 0.343 e. The van der Waals surface area contributed by atoms with Crippen LogP contribution in [0.25, 0.3) is 0 Å². The summed E-state index contributed by atoms with van der Waals surface area (Å²) in [4.78, 5) is 13.8. The number of nitrogens with two attached hydrogens (primary N) is 1. The van der Waals surface area contributed by atoms with Crippen LogP contribution in [0, 0.1) is 11.8 Å². The van der Waals surface area contributed by atoms with Crippen LogP contribution >= 0.6 is 23.1 Å². The van der Waals surface area contributed by atoms with Gasteiger partial charge >= 0.3 is 5.69 Å². The summed E-state index contributed by atoms with van der Waals surface area (Å²) in [6.07, 6.45) is 0.908. The third kappa shape index (κ3) is 3.76. The van der Waals surface area contributed by atoms with Crippen molar-refractivity contribution in [3.05, 3.63) is 32.4 Å². The molecule has 3 N–H and O–H groups in total. The van der Waals surface area contributed by atoms with Gasteiger partial charge in [0.05, 0.1) is 11.4 Å². The number of aromatic amines is 1. The molecule has 0 fully saturated rings. The van der Waals surface area contributed by atoms with E-state index in [-0.39, 0.29) is 5.69 Å². The quantitative estimate of drug-likeness (QED) is 0.650. The van der Waals surface area contributed by atoms with E-state index in [0.29, 0.717) is 13.1 Å². The average Bonchev–Trinajstić information content (AvgIpc) is 3.03. The second-order valence-corrected chi connectivity index (χ2v) is 6.13. The lowest BCUT2D eigenvalue weighted by atomic mass is 10.4. The van der Waals surface area contributed by atoms with Gasteiger partial charge in [-0.2, -0.15) is 0 Å². The molecule has 2 rings (SSSR count). The number of thioether (sulfide) groups is 1. The molecule has 2 heterocycles. The van der Waals surface area contributed by atoms with Gasteiger partial charge in [0.25, 0.3) is 0 Å². The Hall–Kier alpha value is -1.49. The Morgan fingerprint density at radius 1 is 1.55 bits per heavy atom. The minimum atomic E-state index is -0.143. The highest BCUT2D eigenvalue weighted by atomic mass is 32.2. The van der Waals surface area contributed by atoms with Crippen LogP contribution in [0.3, 0.4) is 0 Å². The van der Waals surface area contributed by atoms with Gasteiger partial charge in [-0.15, -0.1) is 16.4 Å². The Labute approximate surface area is 125 Å². The van der Waals surface area contributed by atoms with Crippen molar-refractivity contribution in [1.82, 2.24) is 14.8 Å². The predicted octanol–water partition coefficient (Wildman–Crippen LogP) is 1.65. The molecule has 20 heavy (non-hydrogen) atoms. The molecule has 0 atom stereocenters. The molecule has 2 aromatic rings. The van der Waals surface area contributed by atoms with Crippen molar-refractivity contribution in [1.29, 1.82) is 0 Å². The predicted molar refractivity (Wildman–Crippen MR) is 83.0 cm³/mol. The molecular formula is C13H16N4OS2. The van der Waals surface area contributed by atoms with Crippen molar-refractivity contribution in [2.75, 3.05) is 6.54 Å². The first-order valence-electron chi connectivity index (χ1n) is 6.30. The molecule has 5 nitrogen and oxygen atoms in total. The van der Waals surface area contributed by atoms with Gasteiger partial charge in [-0.05, 0) is 18.6 Å². The summed E-state index contributed by atoms with van der Waals surface area (Å²) >= 11 is 3.20. The smallest absolute Gasteiger partial charge is 0.320 e. The van der Waals surface area contributed by atoms with Crippen LogP contribution in [-0.4, -0.2) is 21.3 Å². The summed E-state index contributed by atoms with van der Waals surface area (Å²) in [5, 5.41) is 7.29. The van der Waals surface area contributed by atoms with E-state index in [4.69, 9.17) is 5.73 Å². The summed E-state index contributed by atoms with van der Waals surface area (Å²) in [6.45, 7) is 3.10. The second kappa shape index (κ2) is 7.33. The summed E-state index contributed by atoms with van der Waals surface area (Å²) in [5.41, 5.74) is 5.20. The van der Waals surface area contributed by atoms with Gasteiger partial charge in [-0.1, -0.05) is 30.5 Å². The Morgan fingerprint density at radius 3 is 3.15 bits per heavy atom. The van der Waals surface area contributed by atoms with Crippen LogP contribution in [0.2, 0.25) is 0 Å². The third-order valence-electron chi connectivity index (χ3n) is 2.49. The first-order valence-corrected chi connectivity index (χ1v) is 8.10. The summed E-state index contributed by atoms with van der Waals surface area (Å²) in [6, 6.07) is 4.04. The maximum absolute atomic E-state index is 11.6. The van der Waals surface area contributed by atoms with Crippen LogP contribution in [0.4, 0.5) is 0 Å². The van der Waals surface area contributed by atoms with E-state index in [0.717, 1.165) is 22.2 Å². The third-order valence-corrected chi connectivity index (χ3v) is 4.70. The van der Waals surface area contributed by atoms with Gasteiger partial charge < -0.3 is 5.73 Å². The minimum Gasteiger partial charge on any atom is -0.320 e. The van der Waals surface area contributed by atoms with E-state index in [2.05, 4.69) is 22.0 Å². The molecule has 0 aliphatic rings. The van der Waals surface area contributed by atoms with Crippen LogP contribution in [-0.2, 0) is 12.3 Å². The molecule has 0 spiro atoms. The van der Waals surface area contributed by atoms with E-state index in [1.807, 2.05) is 19.1 Å². The van der Waals surface area contributed by atoms with Gasteiger partial charge in [-0.25, -0.2) is 9.89 Å². The lowest BCUT2D eigenvalue weighted by Gasteiger charge is -2.02. The van der Waals surface area contributed by atoms with Gasteiger partial charge in [0.1, 0.15) is 0 Å². The van der Waals surface area contributed by atoms with Crippen molar-refractivity contribution in [2.45, 2.75) is 30.8 Å². The maximum Gasteiger partial charge on any atom is 0.343 e. The number of nitrogens with zero attached hydrogens (tertiary/aromatic N) is 2. The highest BCUT2D eigenvalue weighted by molar-refractivity contribution is 7.98. The van der Waals surface area contributed by atoms with E-state index < -0.39 is 0 Å². The van der Waals surface area contributed by atoms with Crippen LogP contribution in [0.5, 0.6) is 0 Å². The summed E-state index contributed by atoms with van der Waals surface area (Å²) in [5.74, 6) is 6.64. The van der Waals surface area contributed by atoms with E-state index >= 15 is 0 Å².